The Morgan fingerprint density at radius 3 is 1.18 bits per heavy atom. The molecular formula is C65H74N3+3. The van der Waals surface area contributed by atoms with Gasteiger partial charge in [0.25, 0.3) is 0 Å². The van der Waals surface area contributed by atoms with Crippen LogP contribution < -0.4 is 13.7 Å². The van der Waals surface area contributed by atoms with Gasteiger partial charge in [0.2, 0.25) is 33.6 Å². The Balaban J connectivity index is 0.000000138. The Hall–Kier alpha value is -6.45. The first-order valence-electron chi connectivity index (χ1n) is 25.2. The molecule has 10 rings (SSSR count). The van der Waals surface area contributed by atoms with Crippen molar-refractivity contribution in [2.75, 3.05) is 0 Å². The number of hydrogen-bond donors (Lipinski definition) is 0. The van der Waals surface area contributed by atoms with Crippen LogP contribution in [-0.2, 0) is 40.4 Å². The molecule has 3 heterocycles. The van der Waals surface area contributed by atoms with Gasteiger partial charge in [0.15, 0.2) is 0 Å². The number of pyridine rings is 3. The summed E-state index contributed by atoms with van der Waals surface area (Å²) in [6.07, 6.45) is 10.2. The van der Waals surface area contributed by atoms with E-state index in [-0.39, 0.29) is 5.41 Å². The van der Waals surface area contributed by atoms with Crippen LogP contribution in [0.3, 0.4) is 0 Å². The van der Waals surface area contributed by atoms with E-state index in [2.05, 4.69) is 247 Å². The lowest BCUT2D eigenvalue weighted by atomic mass is 9.86. The van der Waals surface area contributed by atoms with Crippen molar-refractivity contribution in [3.63, 3.8) is 0 Å². The van der Waals surface area contributed by atoms with E-state index in [1.807, 2.05) is 0 Å². The molecule has 0 unspecified atom stereocenters. The van der Waals surface area contributed by atoms with Gasteiger partial charge >= 0.3 is 0 Å². The number of benzene rings is 6. The van der Waals surface area contributed by atoms with Gasteiger partial charge in [-0.1, -0.05) is 151 Å². The predicted octanol–water partition coefficient (Wildman–Crippen LogP) is 15.2. The first-order chi connectivity index (χ1) is 32.8. The minimum Gasteiger partial charge on any atom is -0.194 e. The molecule has 0 aliphatic heterocycles. The van der Waals surface area contributed by atoms with Gasteiger partial charge in [-0.05, 0) is 121 Å². The maximum Gasteiger partial charge on any atom is 0.213 e. The van der Waals surface area contributed by atoms with Crippen LogP contribution in [0.2, 0.25) is 0 Å². The first kappa shape index (κ1) is 48.0. The van der Waals surface area contributed by atoms with Crippen molar-refractivity contribution in [1.82, 2.24) is 0 Å². The molecule has 6 aromatic carbocycles. The predicted molar refractivity (Wildman–Crippen MR) is 289 cm³/mol. The SMILES string of the molecule is CCCc1cc(-c2ccccc2C)[n+](C)c2ccccc12.Cc1ccccc1-c1cc(CC(C)(C)C)c2ccccc2[n+]1C.Cc1ccccc1-c1cc(CC2CCCC2)c2ccccc2[n+]1C. The molecule has 0 atom stereocenters. The Bertz CT molecular complexity index is 3200. The fourth-order valence-corrected chi connectivity index (χ4v) is 10.8. The first-order valence-corrected chi connectivity index (χ1v) is 25.2. The van der Waals surface area contributed by atoms with Crippen LogP contribution in [0.5, 0.6) is 0 Å². The lowest BCUT2D eigenvalue weighted by molar-refractivity contribution is -0.633. The van der Waals surface area contributed by atoms with Crippen molar-refractivity contribution in [3.8, 4) is 33.8 Å². The number of aryl methyl sites for hydroxylation is 7. The van der Waals surface area contributed by atoms with Gasteiger partial charge in [-0.25, -0.2) is 0 Å². The summed E-state index contributed by atoms with van der Waals surface area (Å²) in [5.41, 5.74) is 20.5. The Kier molecular flexibility index (Phi) is 15.0. The van der Waals surface area contributed by atoms with Crippen molar-refractivity contribution in [2.24, 2.45) is 32.5 Å². The quantitative estimate of drug-likeness (QED) is 0.135. The molecule has 3 heteroatoms. The lowest BCUT2D eigenvalue weighted by Crippen LogP contribution is -2.33. The van der Waals surface area contributed by atoms with Gasteiger partial charge in [-0.2, -0.15) is 13.7 Å². The number of rotatable bonds is 8. The molecule has 9 aromatic rings. The minimum atomic E-state index is 0.270. The minimum absolute atomic E-state index is 0.270. The molecule has 346 valence electrons. The van der Waals surface area contributed by atoms with Gasteiger partial charge < -0.3 is 0 Å². The van der Waals surface area contributed by atoms with E-state index in [1.165, 1.54) is 138 Å². The van der Waals surface area contributed by atoms with Crippen LogP contribution in [0.25, 0.3) is 66.5 Å². The van der Waals surface area contributed by atoms with Crippen LogP contribution in [-0.4, -0.2) is 0 Å². The topological polar surface area (TPSA) is 11.6 Å². The molecule has 1 saturated carbocycles. The molecule has 1 aliphatic carbocycles. The molecule has 1 fully saturated rings. The molecular weight excluding hydrogens is 823 g/mol. The van der Waals surface area contributed by atoms with E-state index in [0.717, 1.165) is 18.8 Å². The molecule has 0 amide bonds. The van der Waals surface area contributed by atoms with Gasteiger partial charge in [0.1, 0.15) is 21.1 Å². The highest BCUT2D eigenvalue weighted by Crippen LogP contribution is 2.34. The van der Waals surface area contributed by atoms with Crippen molar-refractivity contribution < 1.29 is 13.7 Å². The molecule has 3 nitrogen and oxygen atoms in total. The summed E-state index contributed by atoms with van der Waals surface area (Å²) < 4.78 is 7.00. The van der Waals surface area contributed by atoms with E-state index < -0.39 is 0 Å². The summed E-state index contributed by atoms with van der Waals surface area (Å²) in [6, 6.07) is 59.5. The number of hydrogen-bond acceptors (Lipinski definition) is 0. The standard InChI is InChI=1S/C23H26N.C22H26N.C20H22N/c1-17-9-3-6-12-20(17)23-16-19(15-18-10-4-5-11-18)21-13-7-8-14-22(21)24(23)2;1-16-10-6-7-11-18(16)21-14-17(15-22(2,3)4)19-12-8-9-13-20(19)23(21)5;1-4-9-16-14-20(17-11-6-5-10-15(17)2)21(3)19-13-8-7-12-18(16)19/h3,6-9,12-14,16,18H,4-5,10-11,15H2,1-2H3;6-14H,15H2,1-5H3;5-8,10-14H,4,9H2,1-3H3/q3*+1. The average Bonchev–Trinajstić information content (AvgIpc) is 3.86. The maximum absolute atomic E-state index is 2.45. The Labute approximate surface area is 407 Å². The largest absolute Gasteiger partial charge is 0.213 e. The zero-order valence-electron chi connectivity index (χ0n) is 42.7. The van der Waals surface area contributed by atoms with E-state index >= 15 is 0 Å². The number of para-hydroxylation sites is 3. The molecule has 0 radical (unpaired) electrons. The third-order valence-corrected chi connectivity index (χ3v) is 14.3. The van der Waals surface area contributed by atoms with Crippen LogP contribution in [0.1, 0.15) is 93.2 Å². The van der Waals surface area contributed by atoms with Crippen LogP contribution in [0.15, 0.2) is 164 Å². The Morgan fingerprint density at radius 1 is 0.441 bits per heavy atom. The molecule has 3 aromatic heterocycles. The van der Waals surface area contributed by atoms with Crippen LogP contribution in [0, 0.1) is 32.1 Å². The third kappa shape index (κ3) is 10.6. The van der Waals surface area contributed by atoms with Crippen molar-refractivity contribution in [1.29, 1.82) is 0 Å². The summed E-state index contributed by atoms with van der Waals surface area (Å²) in [7, 11) is 6.54. The molecule has 68 heavy (non-hydrogen) atoms. The third-order valence-electron chi connectivity index (χ3n) is 14.3. The van der Waals surface area contributed by atoms with Crippen LogP contribution in [0.4, 0.5) is 0 Å². The highest BCUT2D eigenvalue weighted by atomic mass is 14.9. The molecule has 0 N–H and O–H groups in total. The second kappa shape index (κ2) is 21.2. The Morgan fingerprint density at radius 2 is 0.779 bits per heavy atom. The van der Waals surface area contributed by atoms with Crippen LogP contribution >= 0.6 is 0 Å². The molecule has 0 spiro atoms. The van der Waals surface area contributed by atoms with Gasteiger partial charge in [0.05, 0.1) is 0 Å². The van der Waals surface area contributed by atoms with Crippen molar-refractivity contribution >= 4 is 32.7 Å². The summed E-state index contributed by atoms with van der Waals surface area (Å²) in [6.45, 7) is 15.8. The second-order valence-corrected chi connectivity index (χ2v) is 20.7. The van der Waals surface area contributed by atoms with E-state index in [0.29, 0.717) is 0 Å². The zero-order valence-corrected chi connectivity index (χ0v) is 42.7. The summed E-state index contributed by atoms with van der Waals surface area (Å²) in [5.74, 6) is 0.867. The number of nitrogens with zero attached hydrogens (tertiary/aromatic N) is 3. The summed E-state index contributed by atoms with van der Waals surface area (Å²) in [4.78, 5) is 0. The molecule has 1 aliphatic rings. The maximum atomic E-state index is 2.45. The lowest BCUT2D eigenvalue weighted by Gasteiger charge is -2.19. The zero-order chi connectivity index (χ0) is 48.0. The van der Waals surface area contributed by atoms with Crippen molar-refractivity contribution in [2.45, 2.75) is 99.8 Å². The van der Waals surface area contributed by atoms with E-state index in [9.17, 15) is 0 Å². The van der Waals surface area contributed by atoms with E-state index in [1.54, 1.807) is 0 Å². The summed E-state index contributed by atoms with van der Waals surface area (Å²) >= 11 is 0. The second-order valence-electron chi connectivity index (χ2n) is 20.7. The average molecular weight is 897 g/mol. The monoisotopic (exact) mass is 897 g/mol. The smallest absolute Gasteiger partial charge is 0.194 e. The summed E-state index contributed by atoms with van der Waals surface area (Å²) in [5, 5.41) is 4.16. The normalized spacial score (nSPS) is 12.8. The highest BCUT2D eigenvalue weighted by molar-refractivity contribution is 5.84. The van der Waals surface area contributed by atoms with Gasteiger partial charge in [-0.3, -0.25) is 0 Å². The fourth-order valence-electron chi connectivity index (χ4n) is 10.8. The number of aromatic nitrogens is 3. The molecule has 0 saturated heterocycles. The van der Waals surface area contributed by atoms with Crippen molar-refractivity contribution in [3.05, 3.63) is 197 Å². The van der Waals surface area contributed by atoms with Gasteiger partial charge in [-0.15, -0.1) is 0 Å². The van der Waals surface area contributed by atoms with Gasteiger partial charge in [0, 0.05) is 69.2 Å². The van der Waals surface area contributed by atoms with E-state index in [4.69, 9.17) is 0 Å². The fraction of sp³-hybridized carbons (Fsp3) is 0.308. The molecule has 0 bridgehead atoms. The highest BCUT2D eigenvalue weighted by Gasteiger charge is 2.24. The number of fused-ring (bicyclic) bond motifs is 3.